The van der Waals surface area contributed by atoms with Crippen molar-refractivity contribution in [3.8, 4) is 5.88 Å². The van der Waals surface area contributed by atoms with E-state index in [9.17, 15) is 0 Å². The first-order valence-corrected chi connectivity index (χ1v) is 4.79. The van der Waals surface area contributed by atoms with Crippen LogP contribution < -0.4 is 10.5 Å². The number of rotatable bonds is 4. The van der Waals surface area contributed by atoms with Crippen LogP contribution in [0.15, 0.2) is 12.4 Å². The van der Waals surface area contributed by atoms with Crippen molar-refractivity contribution in [3.63, 3.8) is 0 Å². The third-order valence-corrected chi connectivity index (χ3v) is 2.42. The summed E-state index contributed by atoms with van der Waals surface area (Å²) in [4.78, 5) is 10.0. The Balaban J connectivity index is 2.57. The molecule has 0 saturated heterocycles. The Hall–Kier alpha value is -1.36. The molecule has 15 heavy (non-hydrogen) atoms. The Morgan fingerprint density at radius 2 is 2.07 bits per heavy atom. The SMILES string of the molecule is CN(C)C(C)(C)COc1cncc(N)n1. The second-order valence-corrected chi connectivity index (χ2v) is 4.28. The minimum Gasteiger partial charge on any atom is -0.475 e. The van der Waals surface area contributed by atoms with Gasteiger partial charge in [0.25, 0.3) is 0 Å². The van der Waals surface area contributed by atoms with E-state index in [1.807, 2.05) is 14.1 Å². The molecule has 0 unspecified atom stereocenters. The summed E-state index contributed by atoms with van der Waals surface area (Å²) in [6.45, 7) is 4.72. The quantitative estimate of drug-likeness (QED) is 0.795. The maximum absolute atomic E-state index is 5.52. The zero-order chi connectivity index (χ0) is 11.5. The summed E-state index contributed by atoms with van der Waals surface area (Å²) in [5, 5.41) is 0. The number of aromatic nitrogens is 2. The van der Waals surface area contributed by atoms with E-state index in [4.69, 9.17) is 10.5 Å². The van der Waals surface area contributed by atoms with E-state index in [1.165, 1.54) is 6.20 Å². The van der Waals surface area contributed by atoms with E-state index >= 15 is 0 Å². The summed E-state index contributed by atoms with van der Waals surface area (Å²) >= 11 is 0. The lowest BCUT2D eigenvalue weighted by molar-refractivity contribution is 0.111. The van der Waals surface area contributed by atoms with Gasteiger partial charge in [-0.15, -0.1) is 0 Å². The van der Waals surface area contributed by atoms with Crippen LogP contribution in [-0.4, -0.2) is 41.1 Å². The van der Waals surface area contributed by atoms with Crippen molar-refractivity contribution in [3.05, 3.63) is 12.4 Å². The lowest BCUT2D eigenvalue weighted by atomic mass is 10.1. The van der Waals surface area contributed by atoms with E-state index in [-0.39, 0.29) is 5.54 Å². The van der Waals surface area contributed by atoms with Crippen molar-refractivity contribution in [2.24, 2.45) is 0 Å². The third kappa shape index (κ3) is 3.36. The molecule has 0 saturated carbocycles. The van der Waals surface area contributed by atoms with Crippen molar-refractivity contribution in [2.75, 3.05) is 26.4 Å². The molecule has 5 heteroatoms. The highest BCUT2D eigenvalue weighted by Crippen LogP contribution is 2.13. The summed E-state index contributed by atoms with van der Waals surface area (Å²) in [7, 11) is 4.02. The maximum Gasteiger partial charge on any atom is 0.234 e. The van der Waals surface area contributed by atoms with Gasteiger partial charge in [0, 0.05) is 5.54 Å². The van der Waals surface area contributed by atoms with Gasteiger partial charge in [0.15, 0.2) is 0 Å². The number of anilines is 1. The fourth-order valence-electron chi connectivity index (χ4n) is 0.812. The summed E-state index contributed by atoms with van der Waals surface area (Å²) in [5.41, 5.74) is 5.44. The van der Waals surface area contributed by atoms with Crippen LogP contribution in [0.2, 0.25) is 0 Å². The summed E-state index contributed by atoms with van der Waals surface area (Å²) < 4.78 is 5.52. The highest BCUT2D eigenvalue weighted by atomic mass is 16.5. The summed E-state index contributed by atoms with van der Waals surface area (Å²) in [6, 6.07) is 0. The number of nitrogens with zero attached hydrogens (tertiary/aromatic N) is 3. The highest BCUT2D eigenvalue weighted by Gasteiger charge is 2.21. The average Bonchev–Trinajstić information content (AvgIpc) is 2.15. The van der Waals surface area contributed by atoms with Crippen LogP contribution in [0, 0.1) is 0 Å². The van der Waals surface area contributed by atoms with Crippen molar-refractivity contribution < 1.29 is 4.74 Å². The van der Waals surface area contributed by atoms with E-state index in [0.717, 1.165) is 0 Å². The van der Waals surface area contributed by atoms with E-state index in [2.05, 4.69) is 28.7 Å². The molecule has 1 aromatic heterocycles. The fourth-order valence-corrected chi connectivity index (χ4v) is 0.812. The molecule has 0 bridgehead atoms. The fraction of sp³-hybridized carbons (Fsp3) is 0.600. The molecule has 5 nitrogen and oxygen atoms in total. The number of hydrogen-bond donors (Lipinski definition) is 1. The van der Waals surface area contributed by atoms with E-state index in [0.29, 0.717) is 18.3 Å². The first kappa shape index (κ1) is 11.7. The molecular formula is C10H18N4O. The molecule has 1 aromatic rings. The second kappa shape index (κ2) is 4.44. The second-order valence-electron chi connectivity index (χ2n) is 4.28. The first-order valence-electron chi connectivity index (χ1n) is 4.79. The maximum atomic E-state index is 5.52. The van der Waals surface area contributed by atoms with E-state index < -0.39 is 0 Å². The van der Waals surface area contributed by atoms with Gasteiger partial charge in [-0.1, -0.05) is 0 Å². The van der Waals surface area contributed by atoms with Crippen LogP contribution in [0.4, 0.5) is 5.82 Å². The Labute approximate surface area is 90.3 Å². The molecule has 84 valence electrons. The minimum atomic E-state index is -0.0493. The van der Waals surface area contributed by atoms with Crippen LogP contribution in [0.3, 0.4) is 0 Å². The monoisotopic (exact) mass is 210 g/mol. The third-order valence-electron chi connectivity index (χ3n) is 2.42. The zero-order valence-electron chi connectivity index (χ0n) is 9.69. The average molecular weight is 210 g/mol. The molecule has 0 fully saturated rings. The van der Waals surface area contributed by atoms with Gasteiger partial charge >= 0.3 is 0 Å². The van der Waals surface area contributed by atoms with Gasteiger partial charge < -0.3 is 15.4 Å². The molecule has 0 aliphatic carbocycles. The van der Waals surface area contributed by atoms with E-state index in [1.54, 1.807) is 6.20 Å². The van der Waals surface area contributed by atoms with Crippen molar-refractivity contribution in [2.45, 2.75) is 19.4 Å². The molecule has 2 N–H and O–H groups in total. The molecule has 1 heterocycles. The lowest BCUT2D eigenvalue weighted by Gasteiger charge is -2.31. The standard InChI is InChI=1S/C10H18N4O/c1-10(2,14(3)4)7-15-9-6-12-5-8(11)13-9/h5-6H,7H2,1-4H3,(H2,11,13). The predicted octanol–water partition coefficient (Wildman–Crippen LogP) is 0.778. The largest absolute Gasteiger partial charge is 0.475 e. The van der Waals surface area contributed by atoms with Gasteiger partial charge in [-0.25, -0.2) is 0 Å². The van der Waals surface area contributed by atoms with Crippen molar-refractivity contribution in [1.29, 1.82) is 0 Å². The molecule has 0 aromatic carbocycles. The Morgan fingerprint density at radius 3 is 2.60 bits per heavy atom. The van der Waals surface area contributed by atoms with Gasteiger partial charge in [0.1, 0.15) is 12.4 Å². The number of nitrogens with two attached hydrogens (primary N) is 1. The molecule has 0 spiro atoms. The first-order chi connectivity index (χ1) is 6.92. The summed E-state index contributed by atoms with van der Waals surface area (Å²) in [6.07, 6.45) is 3.05. The molecule has 0 aliphatic rings. The lowest BCUT2D eigenvalue weighted by Crippen LogP contribution is -2.43. The van der Waals surface area contributed by atoms with Gasteiger partial charge in [-0.05, 0) is 27.9 Å². The molecule has 0 atom stereocenters. The molecule has 0 radical (unpaired) electrons. The number of likely N-dealkylation sites (N-methyl/N-ethyl adjacent to an activating group) is 1. The summed E-state index contributed by atoms with van der Waals surface area (Å²) in [5.74, 6) is 0.833. The smallest absolute Gasteiger partial charge is 0.234 e. The molecule has 0 aliphatic heterocycles. The predicted molar refractivity (Wildman–Crippen MR) is 59.7 cm³/mol. The molecule has 1 rings (SSSR count). The van der Waals surface area contributed by atoms with Gasteiger partial charge in [0.2, 0.25) is 5.88 Å². The van der Waals surface area contributed by atoms with Gasteiger partial charge in [-0.3, -0.25) is 4.98 Å². The number of hydrogen-bond acceptors (Lipinski definition) is 5. The van der Waals surface area contributed by atoms with Crippen LogP contribution in [0.5, 0.6) is 5.88 Å². The highest BCUT2D eigenvalue weighted by molar-refractivity contribution is 5.26. The Kier molecular flexibility index (Phi) is 3.47. The minimum absolute atomic E-state index is 0.0493. The van der Waals surface area contributed by atoms with Gasteiger partial charge in [-0.2, -0.15) is 4.98 Å². The van der Waals surface area contributed by atoms with Crippen LogP contribution in [0.1, 0.15) is 13.8 Å². The van der Waals surface area contributed by atoms with Crippen molar-refractivity contribution >= 4 is 5.82 Å². The molecule has 0 amide bonds. The Morgan fingerprint density at radius 1 is 1.40 bits per heavy atom. The Bertz CT molecular complexity index is 325. The van der Waals surface area contributed by atoms with Crippen molar-refractivity contribution in [1.82, 2.24) is 14.9 Å². The normalized spacial score (nSPS) is 11.8. The van der Waals surface area contributed by atoms with Gasteiger partial charge in [0.05, 0.1) is 12.4 Å². The van der Waals surface area contributed by atoms with Crippen LogP contribution >= 0.6 is 0 Å². The topological polar surface area (TPSA) is 64.3 Å². The molecular weight excluding hydrogens is 192 g/mol. The number of ether oxygens (including phenoxy) is 1. The van der Waals surface area contributed by atoms with Crippen LogP contribution in [-0.2, 0) is 0 Å². The number of nitrogen functional groups attached to an aromatic ring is 1. The zero-order valence-corrected chi connectivity index (χ0v) is 9.69. The van der Waals surface area contributed by atoms with Crippen LogP contribution in [0.25, 0.3) is 0 Å².